The molecular formula is C51H69N9O10. The number of carbonyl (C=O) groups excluding carboxylic acids is 8. The highest BCUT2D eigenvalue weighted by Gasteiger charge is 2.39. The topological polar surface area (TPSA) is 239 Å². The number of nitrogens with one attached hydrogen (secondary N) is 5. The molecule has 19 heteroatoms. The Hall–Kier alpha value is -7.05. The van der Waals surface area contributed by atoms with Crippen LogP contribution in [-0.4, -0.2) is 114 Å². The van der Waals surface area contributed by atoms with Crippen molar-refractivity contribution in [3.05, 3.63) is 59.9 Å². The number of anilines is 3. The number of ether oxygens (including phenoxy) is 2. The number of amides is 8. The number of imide groups is 1. The van der Waals surface area contributed by atoms with Gasteiger partial charge in [-0.25, -0.2) is 0 Å². The molecule has 2 aliphatic heterocycles. The van der Waals surface area contributed by atoms with Crippen LogP contribution in [0.25, 0.3) is 0 Å². The molecule has 19 nitrogen and oxygen atoms in total. The Morgan fingerprint density at radius 2 is 1.54 bits per heavy atom. The molecule has 0 spiro atoms. The molecule has 0 saturated carbocycles. The van der Waals surface area contributed by atoms with Crippen molar-refractivity contribution in [3.8, 4) is 11.5 Å². The molecule has 5 N–H and O–H groups in total. The van der Waals surface area contributed by atoms with Crippen molar-refractivity contribution in [2.24, 2.45) is 29.8 Å². The van der Waals surface area contributed by atoms with Gasteiger partial charge >= 0.3 is 0 Å². The lowest BCUT2D eigenvalue weighted by atomic mass is 9.94. The van der Waals surface area contributed by atoms with E-state index in [-0.39, 0.29) is 79.8 Å². The van der Waals surface area contributed by atoms with Crippen LogP contribution in [0.1, 0.15) is 108 Å². The minimum absolute atomic E-state index is 0.0531. The molecule has 3 aromatic rings. The van der Waals surface area contributed by atoms with Crippen LogP contribution >= 0.6 is 0 Å². The highest BCUT2D eigenvalue weighted by atomic mass is 16.5. The first-order valence-electron chi connectivity index (χ1n) is 24.1. The molecule has 1 aromatic heterocycles. The minimum atomic E-state index is -0.861. The second-order valence-electron chi connectivity index (χ2n) is 18.5. The quantitative estimate of drug-likeness (QED) is 0.0292. The molecule has 5 rings (SSSR count). The zero-order valence-corrected chi connectivity index (χ0v) is 41.4. The standard InChI is InChI=1S/C51H69N9O10/c1-32(2)39-26-47(65)60(51(39)68)22-11-8-9-15-45(63)57-48(33(3)4)50(67)53-29-46(64)54-35-17-19-36(20-18-35)56-49(66)41-25-37(30-58(41)6)55-44(62)16-13-23-70-43-27-40(34(5)24-42(43)69-7)52-28-38-14-10-12-21-59(38)31-61/h17-20,24-25,27-28,30-33,38-39,48H,8-16,21-23,26,29H2,1-7H3,(H,53,67)(H,54,64)(H,55,62)(H,56,66)(H,57,63). The molecule has 3 heterocycles. The van der Waals surface area contributed by atoms with Gasteiger partial charge < -0.3 is 45.5 Å². The maximum absolute atomic E-state index is 13.2. The fraction of sp³-hybridized carbons (Fsp3) is 0.510. The van der Waals surface area contributed by atoms with Gasteiger partial charge in [0.2, 0.25) is 41.9 Å². The Morgan fingerprint density at radius 1 is 0.843 bits per heavy atom. The number of carbonyl (C=O) groups is 8. The molecule has 2 fully saturated rings. The number of piperidine rings is 1. The predicted octanol–water partition coefficient (Wildman–Crippen LogP) is 5.89. The summed E-state index contributed by atoms with van der Waals surface area (Å²) in [5.74, 6) is -1.65. The lowest BCUT2D eigenvalue weighted by Crippen LogP contribution is -2.51. The van der Waals surface area contributed by atoms with Crippen molar-refractivity contribution in [1.29, 1.82) is 0 Å². The summed E-state index contributed by atoms with van der Waals surface area (Å²) in [5, 5.41) is 13.7. The van der Waals surface area contributed by atoms with E-state index in [0.717, 1.165) is 31.2 Å². The third-order valence-corrected chi connectivity index (χ3v) is 12.4. The van der Waals surface area contributed by atoms with Crippen LogP contribution in [0.5, 0.6) is 11.5 Å². The van der Waals surface area contributed by atoms with Gasteiger partial charge in [0.1, 0.15) is 11.7 Å². The smallest absolute Gasteiger partial charge is 0.272 e. The highest BCUT2D eigenvalue weighted by molar-refractivity contribution is 6.05. The number of likely N-dealkylation sites (tertiary alicyclic amines) is 2. The molecule has 2 saturated heterocycles. The van der Waals surface area contributed by atoms with Crippen LogP contribution in [0.3, 0.4) is 0 Å². The maximum Gasteiger partial charge on any atom is 0.272 e. The van der Waals surface area contributed by atoms with Gasteiger partial charge in [-0.1, -0.05) is 34.1 Å². The third kappa shape index (κ3) is 15.5. The number of methoxy groups -OCH3 is 1. The number of nitrogens with zero attached hydrogens (tertiary/aromatic N) is 4. The largest absolute Gasteiger partial charge is 0.493 e. The molecule has 378 valence electrons. The van der Waals surface area contributed by atoms with Crippen LogP contribution in [0.2, 0.25) is 0 Å². The summed E-state index contributed by atoms with van der Waals surface area (Å²) in [5.41, 5.74) is 3.20. The lowest BCUT2D eigenvalue weighted by Gasteiger charge is -2.29. The van der Waals surface area contributed by atoms with Crippen LogP contribution in [0, 0.1) is 24.7 Å². The molecule has 3 atom stereocenters. The zero-order chi connectivity index (χ0) is 50.9. The molecule has 2 aliphatic rings. The average molecular weight is 968 g/mol. The lowest BCUT2D eigenvalue weighted by molar-refractivity contribution is -0.140. The second-order valence-corrected chi connectivity index (χ2v) is 18.5. The van der Waals surface area contributed by atoms with Gasteiger partial charge in [-0.2, -0.15) is 0 Å². The van der Waals surface area contributed by atoms with E-state index in [4.69, 9.17) is 9.47 Å². The fourth-order valence-electron chi connectivity index (χ4n) is 8.29. The monoisotopic (exact) mass is 968 g/mol. The first-order chi connectivity index (χ1) is 33.5. The Labute approximate surface area is 409 Å². The van der Waals surface area contributed by atoms with Crippen molar-refractivity contribution in [2.75, 3.05) is 49.3 Å². The third-order valence-electron chi connectivity index (χ3n) is 12.4. The summed E-state index contributed by atoms with van der Waals surface area (Å²) in [4.78, 5) is 109. The molecule has 0 radical (unpaired) electrons. The van der Waals surface area contributed by atoms with Crippen molar-refractivity contribution in [2.45, 2.75) is 111 Å². The van der Waals surface area contributed by atoms with E-state index in [2.05, 4.69) is 31.6 Å². The van der Waals surface area contributed by atoms with Crippen molar-refractivity contribution in [1.82, 2.24) is 25.0 Å². The van der Waals surface area contributed by atoms with Crippen molar-refractivity contribution >= 4 is 76.7 Å². The molecule has 0 bridgehead atoms. The fourth-order valence-corrected chi connectivity index (χ4v) is 8.29. The van der Waals surface area contributed by atoms with Crippen molar-refractivity contribution < 1.29 is 47.8 Å². The van der Waals surface area contributed by atoms with E-state index in [1.54, 1.807) is 86.3 Å². The van der Waals surface area contributed by atoms with E-state index in [9.17, 15) is 38.4 Å². The number of benzene rings is 2. The van der Waals surface area contributed by atoms with Gasteiger partial charge in [-0.15, -0.1) is 0 Å². The summed E-state index contributed by atoms with van der Waals surface area (Å²) in [7, 11) is 3.24. The molecule has 3 unspecified atom stereocenters. The number of hydrogen-bond acceptors (Lipinski definition) is 11. The predicted molar refractivity (Wildman–Crippen MR) is 266 cm³/mol. The van der Waals surface area contributed by atoms with Crippen LogP contribution in [-0.2, 0) is 40.6 Å². The van der Waals surface area contributed by atoms with Gasteiger partial charge in [0.25, 0.3) is 5.91 Å². The van der Waals surface area contributed by atoms with Gasteiger partial charge in [-0.05, 0) is 99.2 Å². The Kier molecular flexibility index (Phi) is 20.1. The number of unbranched alkanes of at least 4 members (excludes halogenated alkanes) is 2. The summed E-state index contributed by atoms with van der Waals surface area (Å²) >= 11 is 0. The highest BCUT2D eigenvalue weighted by Crippen LogP contribution is 2.35. The van der Waals surface area contributed by atoms with Crippen molar-refractivity contribution in [3.63, 3.8) is 0 Å². The van der Waals surface area contributed by atoms with E-state index >= 15 is 0 Å². The number of aliphatic imine (C=N–C) groups is 1. The van der Waals surface area contributed by atoms with E-state index in [1.807, 2.05) is 26.8 Å². The van der Waals surface area contributed by atoms with Crippen LogP contribution in [0.15, 0.2) is 53.7 Å². The normalized spacial score (nSPS) is 16.4. The summed E-state index contributed by atoms with van der Waals surface area (Å²) in [6.07, 6.45) is 9.91. The van der Waals surface area contributed by atoms with Crippen LogP contribution < -0.4 is 36.1 Å². The molecule has 0 aliphatic carbocycles. The molecule has 8 amide bonds. The number of aryl methyl sites for hydroxylation is 2. The average Bonchev–Trinajstić information content (AvgIpc) is 3.84. The zero-order valence-electron chi connectivity index (χ0n) is 41.4. The minimum Gasteiger partial charge on any atom is -0.493 e. The summed E-state index contributed by atoms with van der Waals surface area (Å²) < 4.78 is 13.1. The van der Waals surface area contributed by atoms with E-state index < -0.39 is 23.8 Å². The second kappa shape index (κ2) is 26.1. The van der Waals surface area contributed by atoms with E-state index in [1.165, 1.54) is 4.90 Å². The van der Waals surface area contributed by atoms with Gasteiger partial charge in [-0.3, -0.25) is 48.2 Å². The van der Waals surface area contributed by atoms with Gasteiger partial charge in [0, 0.05) is 75.2 Å². The number of aromatic nitrogens is 1. The Balaban J connectivity index is 0.998. The first-order valence-corrected chi connectivity index (χ1v) is 24.1. The number of hydrogen-bond donors (Lipinski definition) is 5. The van der Waals surface area contributed by atoms with Crippen LogP contribution in [0.4, 0.5) is 22.7 Å². The van der Waals surface area contributed by atoms with Gasteiger partial charge in [0.15, 0.2) is 11.5 Å². The summed E-state index contributed by atoms with van der Waals surface area (Å²) in [6.45, 7) is 10.3. The number of rotatable bonds is 25. The summed E-state index contributed by atoms with van der Waals surface area (Å²) in [6, 6.07) is 10.7. The Morgan fingerprint density at radius 3 is 2.21 bits per heavy atom. The van der Waals surface area contributed by atoms with Gasteiger partial charge in [0.05, 0.1) is 37.7 Å². The molecule has 2 aromatic carbocycles. The van der Waals surface area contributed by atoms with E-state index in [0.29, 0.717) is 78.7 Å². The maximum atomic E-state index is 13.2. The molecular weight excluding hydrogens is 899 g/mol. The SMILES string of the molecule is COc1cc(C)c(N=CC2CCCCN2C=O)cc1OCCCC(=O)Nc1cc(C(=O)Nc2ccc(NC(=O)CNC(=O)C(NC(=O)CCCCCN3C(=O)CC(C(C)C)C3=O)C(C)C)cc2)n(C)c1. The molecule has 70 heavy (non-hydrogen) atoms. The first kappa shape index (κ1) is 53.9. The Bertz CT molecular complexity index is 2380.